The fraction of sp³-hybridized carbons (Fsp3) is 0.154. The fourth-order valence-corrected chi connectivity index (χ4v) is 1.61. The lowest BCUT2D eigenvalue weighted by Gasteiger charge is -2.09. The van der Waals surface area contributed by atoms with E-state index < -0.39 is 11.7 Å². The van der Waals surface area contributed by atoms with Crippen LogP contribution in [0.15, 0.2) is 47.6 Å². The van der Waals surface area contributed by atoms with Gasteiger partial charge in [-0.05, 0) is 31.2 Å². The van der Waals surface area contributed by atoms with Gasteiger partial charge >= 0.3 is 6.18 Å². The number of H-pyrrole nitrogens is 1. The van der Waals surface area contributed by atoms with E-state index >= 15 is 0 Å². The molecule has 94 valence electrons. The summed E-state index contributed by atoms with van der Waals surface area (Å²) in [6.07, 6.45) is -2.69. The monoisotopic (exact) mass is 252 g/mol. The lowest BCUT2D eigenvalue weighted by atomic mass is 10.1. The first-order valence-corrected chi connectivity index (χ1v) is 5.34. The zero-order chi connectivity index (χ0) is 13.2. The summed E-state index contributed by atoms with van der Waals surface area (Å²) < 4.78 is 38.3. The second kappa shape index (κ2) is 4.68. The second-order valence-corrected chi connectivity index (χ2v) is 3.80. The molecule has 0 saturated heterocycles. The number of hydrogen-bond acceptors (Lipinski definition) is 1. The van der Waals surface area contributed by atoms with Crippen molar-refractivity contribution in [3.8, 4) is 0 Å². The van der Waals surface area contributed by atoms with Gasteiger partial charge < -0.3 is 4.98 Å². The van der Waals surface area contributed by atoms with Gasteiger partial charge in [0.25, 0.3) is 0 Å². The Morgan fingerprint density at radius 3 is 2.44 bits per heavy atom. The molecule has 1 N–H and O–H groups in total. The van der Waals surface area contributed by atoms with E-state index in [0.29, 0.717) is 11.4 Å². The highest BCUT2D eigenvalue weighted by molar-refractivity contribution is 5.98. The highest BCUT2D eigenvalue weighted by Crippen LogP contribution is 2.36. The molecule has 0 bridgehead atoms. The van der Waals surface area contributed by atoms with Crippen molar-refractivity contribution < 1.29 is 13.2 Å². The largest absolute Gasteiger partial charge is 0.418 e. The van der Waals surface area contributed by atoms with Gasteiger partial charge in [0.15, 0.2) is 0 Å². The first-order chi connectivity index (χ1) is 8.48. The van der Waals surface area contributed by atoms with E-state index in [9.17, 15) is 13.2 Å². The highest BCUT2D eigenvalue weighted by Gasteiger charge is 2.33. The third-order valence-corrected chi connectivity index (χ3v) is 2.49. The van der Waals surface area contributed by atoms with Crippen molar-refractivity contribution >= 4 is 11.4 Å². The van der Waals surface area contributed by atoms with Gasteiger partial charge in [0, 0.05) is 6.20 Å². The van der Waals surface area contributed by atoms with Crippen molar-refractivity contribution in [3.63, 3.8) is 0 Å². The summed E-state index contributed by atoms with van der Waals surface area (Å²) in [6, 6.07) is 8.80. The number of benzene rings is 1. The molecular formula is C13H11F3N2. The Hall–Kier alpha value is -2.04. The van der Waals surface area contributed by atoms with E-state index in [1.54, 1.807) is 25.3 Å². The first-order valence-electron chi connectivity index (χ1n) is 5.34. The minimum Gasteiger partial charge on any atom is -0.360 e. The van der Waals surface area contributed by atoms with Gasteiger partial charge in [0.05, 0.1) is 22.7 Å². The zero-order valence-electron chi connectivity index (χ0n) is 9.62. The van der Waals surface area contributed by atoms with Crippen LogP contribution in [0.3, 0.4) is 0 Å². The summed E-state index contributed by atoms with van der Waals surface area (Å²) in [5.74, 6) is 0. The number of rotatable bonds is 2. The van der Waals surface area contributed by atoms with Crippen LogP contribution in [0.25, 0.3) is 0 Å². The van der Waals surface area contributed by atoms with Crippen LogP contribution < -0.4 is 0 Å². The van der Waals surface area contributed by atoms with Crippen LogP contribution in [0.1, 0.15) is 18.2 Å². The van der Waals surface area contributed by atoms with Crippen molar-refractivity contribution in [2.75, 3.05) is 0 Å². The van der Waals surface area contributed by atoms with Crippen LogP contribution in [-0.2, 0) is 6.18 Å². The number of para-hydroxylation sites is 1. The normalized spacial score (nSPS) is 12.8. The van der Waals surface area contributed by atoms with E-state index in [1.165, 1.54) is 18.2 Å². The molecule has 2 rings (SSSR count). The van der Waals surface area contributed by atoms with Crippen LogP contribution in [0.2, 0.25) is 0 Å². The number of alkyl halides is 3. The van der Waals surface area contributed by atoms with Gasteiger partial charge in [0.1, 0.15) is 0 Å². The molecule has 0 unspecified atom stereocenters. The molecule has 18 heavy (non-hydrogen) atoms. The van der Waals surface area contributed by atoms with Crippen LogP contribution >= 0.6 is 0 Å². The molecule has 1 heterocycles. The molecule has 1 aromatic heterocycles. The minimum absolute atomic E-state index is 0.0721. The Balaban J connectivity index is 2.44. The molecule has 0 aliphatic carbocycles. The van der Waals surface area contributed by atoms with Crippen molar-refractivity contribution in [1.29, 1.82) is 0 Å². The van der Waals surface area contributed by atoms with Crippen LogP contribution in [-0.4, -0.2) is 10.7 Å². The number of hydrogen-bond donors (Lipinski definition) is 1. The molecule has 0 atom stereocenters. The van der Waals surface area contributed by atoms with Gasteiger partial charge in [0.2, 0.25) is 0 Å². The summed E-state index contributed by atoms with van der Waals surface area (Å²) >= 11 is 0. The highest BCUT2D eigenvalue weighted by atomic mass is 19.4. The number of aliphatic imine (C=N–C) groups is 1. The summed E-state index contributed by atoms with van der Waals surface area (Å²) in [4.78, 5) is 6.94. The van der Waals surface area contributed by atoms with E-state index in [-0.39, 0.29) is 5.69 Å². The Morgan fingerprint density at radius 2 is 1.83 bits per heavy atom. The number of halogens is 3. The third kappa shape index (κ3) is 2.61. The number of aromatic nitrogens is 1. The molecule has 0 spiro atoms. The molecule has 2 nitrogen and oxygen atoms in total. The molecule has 0 aliphatic heterocycles. The average molecular weight is 252 g/mol. The predicted molar refractivity (Wildman–Crippen MR) is 64.1 cm³/mol. The molecule has 0 saturated carbocycles. The molecule has 5 heteroatoms. The van der Waals surface area contributed by atoms with E-state index in [0.717, 1.165) is 6.07 Å². The van der Waals surface area contributed by atoms with E-state index in [2.05, 4.69) is 9.98 Å². The van der Waals surface area contributed by atoms with Crippen molar-refractivity contribution in [2.45, 2.75) is 13.1 Å². The SMILES string of the molecule is CC(=Nc1ccccc1C(F)(F)F)c1ccc[nH]1. The van der Waals surface area contributed by atoms with Gasteiger partial charge in [-0.2, -0.15) is 13.2 Å². The molecule has 0 radical (unpaired) electrons. The summed E-state index contributed by atoms with van der Waals surface area (Å²) in [5, 5.41) is 0. The van der Waals surface area contributed by atoms with Gasteiger partial charge in [-0.3, -0.25) is 4.99 Å². The lowest BCUT2D eigenvalue weighted by Crippen LogP contribution is -2.05. The minimum atomic E-state index is -4.39. The molecule has 2 aromatic rings. The topological polar surface area (TPSA) is 28.1 Å². The van der Waals surface area contributed by atoms with Crippen LogP contribution in [0, 0.1) is 0 Å². The van der Waals surface area contributed by atoms with Crippen molar-refractivity contribution in [2.24, 2.45) is 4.99 Å². The summed E-state index contributed by atoms with van der Waals surface area (Å²) in [5.41, 5.74) is 0.414. The lowest BCUT2D eigenvalue weighted by molar-refractivity contribution is -0.137. The van der Waals surface area contributed by atoms with E-state index in [4.69, 9.17) is 0 Å². The van der Waals surface area contributed by atoms with Gasteiger partial charge in [-0.25, -0.2) is 0 Å². The van der Waals surface area contributed by atoms with E-state index in [1.807, 2.05) is 0 Å². The zero-order valence-corrected chi connectivity index (χ0v) is 9.62. The Labute approximate surface area is 102 Å². The Bertz CT molecular complexity index is 554. The molecule has 0 aliphatic rings. The summed E-state index contributed by atoms with van der Waals surface area (Å²) in [6.45, 7) is 1.67. The molecular weight excluding hydrogens is 241 g/mol. The third-order valence-electron chi connectivity index (χ3n) is 2.49. The number of nitrogens with one attached hydrogen (secondary N) is 1. The van der Waals surface area contributed by atoms with Crippen molar-refractivity contribution in [1.82, 2.24) is 4.98 Å². The Morgan fingerprint density at radius 1 is 1.11 bits per heavy atom. The maximum atomic E-state index is 12.8. The van der Waals surface area contributed by atoms with Crippen molar-refractivity contribution in [3.05, 3.63) is 53.9 Å². The first kappa shape index (κ1) is 12.4. The molecule has 0 amide bonds. The average Bonchev–Trinajstić information content (AvgIpc) is 2.81. The Kier molecular flexibility index (Phi) is 3.23. The summed E-state index contributed by atoms with van der Waals surface area (Å²) in [7, 11) is 0. The smallest absolute Gasteiger partial charge is 0.360 e. The second-order valence-electron chi connectivity index (χ2n) is 3.80. The standard InChI is InChI=1S/C13H11F3N2/c1-9(11-7-4-8-17-11)18-12-6-3-2-5-10(12)13(14,15)16/h2-8,17H,1H3. The molecule has 1 aromatic carbocycles. The maximum Gasteiger partial charge on any atom is 0.418 e. The van der Waals surface area contributed by atoms with Crippen LogP contribution in [0.5, 0.6) is 0 Å². The predicted octanol–water partition coefficient (Wildman–Crippen LogP) is 4.17. The van der Waals surface area contributed by atoms with Gasteiger partial charge in [-0.1, -0.05) is 12.1 Å². The van der Waals surface area contributed by atoms with Crippen LogP contribution in [0.4, 0.5) is 18.9 Å². The number of aromatic amines is 1. The van der Waals surface area contributed by atoms with Gasteiger partial charge in [-0.15, -0.1) is 0 Å². The maximum absolute atomic E-state index is 12.8. The molecule has 0 fully saturated rings. The fourth-order valence-electron chi connectivity index (χ4n) is 1.61. The number of nitrogens with zero attached hydrogens (tertiary/aromatic N) is 1. The quantitative estimate of drug-likeness (QED) is 0.777.